The molecule has 2 heterocycles. The first-order valence-electron chi connectivity index (χ1n) is 10.3. The summed E-state index contributed by atoms with van der Waals surface area (Å²) in [4.78, 5) is 19.1. The molecule has 1 aliphatic rings. The summed E-state index contributed by atoms with van der Waals surface area (Å²) in [5.41, 5.74) is 1.34. The lowest BCUT2D eigenvalue weighted by atomic mass is 10.0. The van der Waals surface area contributed by atoms with Crippen LogP contribution in [0.2, 0.25) is 0 Å². The Bertz CT molecular complexity index is 1070. The Morgan fingerprint density at radius 1 is 1.23 bits per heavy atom. The van der Waals surface area contributed by atoms with Crippen LogP contribution in [-0.2, 0) is 11.2 Å². The Hall–Kier alpha value is -3.35. The van der Waals surface area contributed by atoms with Gasteiger partial charge in [0.25, 0.3) is 0 Å². The maximum absolute atomic E-state index is 14.0. The number of hydrogen-bond donors (Lipinski definition) is 0. The molecule has 1 fully saturated rings. The molecule has 4 rings (SSSR count). The van der Waals surface area contributed by atoms with E-state index in [2.05, 4.69) is 4.98 Å². The van der Waals surface area contributed by atoms with Crippen molar-refractivity contribution in [2.45, 2.75) is 31.7 Å². The first-order valence-corrected chi connectivity index (χ1v) is 10.3. The number of aromatic nitrogens is 1. The number of aryl methyl sites for hydroxylation is 1. The summed E-state index contributed by atoms with van der Waals surface area (Å²) in [7, 11) is 3.23. The van der Waals surface area contributed by atoms with Gasteiger partial charge in [0.1, 0.15) is 17.3 Å². The van der Waals surface area contributed by atoms with Crippen LogP contribution in [0.1, 0.15) is 36.8 Å². The van der Waals surface area contributed by atoms with E-state index in [4.69, 9.17) is 13.9 Å². The lowest BCUT2D eigenvalue weighted by Gasteiger charge is -2.26. The zero-order valence-electron chi connectivity index (χ0n) is 17.6. The van der Waals surface area contributed by atoms with Gasteiger partial charge in [-0.15, -0.1) is 0 Å². The van der Waals surface area contributed by atoms with E-state index in [0.29, 0.717) is 41.7 Å². The van der Waals surface area contributed by atoms with E-state index >= 15 is 0 Å². The second-order valence-corrected chi connectivity index (χ2v) is 7.45. The molecule has 1 saturated heterocycles. The average Bonchev–Trinajstić information content (AvgIpc) is 3.47. The Morgan fingerprint density at radius 2 is 2.06 bits per heavy atom. The van der Waals surface area contributed by atoms with Crippen molar-refractivity contribution in [3.63, 3.8) is 0 Å². The number of amides is 1. The van der Waals surface area contributed by atoms with Crippen LogP contribution in [0, 0.1) is 5.82 Å². The third kappa shape index (κ3) is 4.40. The number of carbonyl (C=O) groups is 1. The number of rotatable bonds is 7. The number of carbonyl (C=O) groups excluding carboxylic acids is 1. The Balaban J connectivity index is 1.44. The molecule has 0 N–H and O–H groups in total. The third-order valence-corrected chi connectivity index (χ3v) is 5.62. The SMILES string of the molecule is COc1ccc([C@H]2CCCN2C(=O)CCc2ncc(-c3ccccc3F)o2)c(OC)c1. The summed E-state index contributed by atoms with van der Waals surface area (Å²) < 4.78 is 30.4. The number of ether oxygens (including phenoxy) is 2. The first kappa shape index (κ1) is 20.9. The largest absolute Gasteiger partial charge is 0.497 e. The Morgan fingerprint density at radius 3 is 2.84 bits per heavy atom. The molecule has 3 aromatic rings. The number of halogens is 1. The van der Waals surface area contributed by atoms with Gasteiger partial charge in [0.05, 0.1) is 32.0 Å². The number of oxazole rings is 1. The smallest absolute Gasteiger partial charge is 0.223 e. The van der Waals surface area contributed by atoms with Crippen LogP contribution >= 0.6 is 0 Å². The zero-order chi connectivity index (χ0) is 21.8. The predicted octanol–water partition coefficient (Wildman–Crippen LogP) is 4.79. The molecule has 0 unspecified atom stereocenters. The monoisotopic (exact) mass is 424 g/mol. The molecule has 0 spiro atoms. The van der Waals surface area contributed by atoms with E-state index in [-0.39, 0.29) is 24.2 Å². The number of benzene rings is 2. The van der Waals surface area contributed by atoms with E-state index in [0.717, 1.165) is 18.4 Å². The van der Waals surface area contributed by atoms with Crippen molar-refractivity contribution in [1.82, 2.24) is 9.88 Å². The van der Waals surface area contributed by atoms with Crippen LogP contribution in [0.25, 0.3) is 11.3 Å². The molecule has 0 bridgehead atoms. The molecule has 7 heteroatoms. The van der Waals surface area contributed by atoms with Gasteiger partial charge in [-0.3, -0.25) is 4.79 Å². The predicted molar refractivity (Wildman–Crippen MR) is 113 cm³/mol. The molecule has 31 heavy (non-hydrogen) atoms. The van der Waals surface area contributed by atoms with E-state index < -0.39 is 0 Å². The molecular weight excluding hydrogens is 399 g/mol. The number of hydrogen-bond acceptors (Lipinski definition) is 5. The average molecular weight is 424 g/mol. The highest BCUT2D eigenvalue weighted by atomic mass is 19.1. The quantitative estimate of drug-likeness (QED) is 0.545. The molecule has 1 aromatic heterocycles. The highest BCUT2D eigenvalue weighted by molar-refractivity contribution is 5.77. The topological polar surface area (TPSA) is 64.8 Å². The van der Waals surface area contributed by atoms with Crippen molar-refractivity contribution >= 4 is 5.91 Å². The maximum Gasteiger partial charge on any atom is 0.223 e. The standard InChI is InChI=1S/C24H25FN2O4/c1-29-16-9-10-18(21(14-16)30-2)20-8-5-13-27(20)24(28)12-11-23-26-15-22(31-23)17-6-3-4-7-19(17)25/h3-4,6-7,9-10,14-15,20H,5,8,11-13H2,1-2H3/t20-/m1/s1. The van der Waals surface area contributed by atoms with Gasteiger partial charge in [-0.1, -0.05) is 12.1 Å². The first-order chi connectivity index (χ1) is 15.1. The Labute approximate surface area is 180 Å². The number of nitrogens with zero attached hydrogens (tertiary/aromatic N) is 2. The van der Waals surface area contributed by atoms with Crippen LogP contribution in [-0.4, -0.2) is 36.6 Å². The van der Waals surface area contributed by atoms with Crippen molar-refractivity contribution in [3.8, 4) is 22.8 Å². The van der Waals surface area contributed by atoms with Crippen molar-refractivity contribution in [2.24, 2.45) is 0 Å². The molecule has 1 amide bonds. The molecule has 162 valence electrons. The van der Waals surface area contributed by atoms with Crippen LogP contribution < -0.4 is 9.47 Å². The molecular formula is C24H25FN2O4. The van der Waals surface area contributed by atoms with Gasteiger partial charge in [0, 0.05) is 31.0 Å². The van der Waals surface area contributed by atoms with Gasteiger partial charge in [0.15, 0.2) is 11.7 Å². The molecule has 6 nitrogen and oxygen atoms in total. The second kappa shape index (κ2) is 9.20. The summed E-state index contributed by atoms with van der Waals surface area (Å²) in [6.45, 7) is 0.699. The van der Waals surface area contributed by atoms with E-state index in [1.54, 1.807) is 32.4 Å². The number of methoxy groups -OCH3 is 2. The molecule has 1 atom stereocenters. The minimum Gasteiger partial charge on any atom is -0.497 e. The minimum absolute atomic E-state index is 0.0333. The highest BCUT2D eigenvalue weighted by Gasteiger charge is 2.32. The van der Waals surface area contributed by atoms with Gasteiger partial charge in [-0.2, -0.15) is 0 Å². The third-order valence-electron chi connectivity index (χ3n) is 5.62. The van der Waals surface area contributed by atoms with Crippen molar-refractivity contribution < 1.29 is 23.1 Å². The fourth-order valence-corrected chi connectivity index (χ4v) is 4.05. The lowest BCUT2D eigenvalue weighted by Crippen LogP contribution is -2.31. The van der Waals surface area contributed by atoms with Gasteiger partial charge in [-0.05, 0) is 37.1 Å². The van der Waals surface area contributed by atoms with Crippen molar-refractivity contribution in [3.05, 3.63) is 65.9 Å². The molecule has 0 aliphatic carbocycles. The van der Waals surface area contributed by atoms with Gasteiger partial charge < -0.3 is 18.8 Å². The van der Waals surface area contributed by atoms with Gasteiger partial charge in [-0.25, -0.2) is 9.37 Å². The summed E-state index contributed by atoms with van der Waals surface area (Å²) >= 11 is 0. The summed E-state index contributed by atoms with van der Waals surface area (Å²) in [5.74, 6) is 1.88. The molecule has 2 aromatic carbocycles. The fraction of sp³-hybridized carbons (Fsp3) is 0.333. The number of likely N-dealkylation sites (tertiary alicyclic amines) is 1. The fourth-order valence-electron chi connectivity index (χ4n) is 4.05. The molecule has 1 aliphatic heterocycles. The lowest BCUT2D eigenvalue weighted by molar-refractivity contribution is -0.132. The van der Waals surface area contributed by atoms with Crippen molar-refractivity contribution in [1.29, 1.82) is 0 Å². The van der Waals surface area contributed by atoms with Crippen LogP contribution in [0.5, 0.6) is 11.5 Å². The van der Waals surface area contributed by atoms with Crippen LogP contribution in [0.4, 0.5) is 4.39 Å². The van der Waals surface area contributed by atoms with Crippen LogP contribution in [0.15, 0.2) is 53.1 Å². The maximum atomic E-state index is 14.0. The minimum atomic E-state index is -0.366. The molecule has 0 radical (unpaired) electrons. The van der Waals surface area contributed by atoms with E-state index in [1.165, 1.54) is 12.3 Å². The summed E-state index contributed by atoms with van der Waals surface area (Å²) in [6, 6.07) is 12.0. The molecule has 0 saturated carbocycles. The highest BCUT2D eigenvalue weighted by Crippen LogP contribution is 2.39. The van der Waals surface area contributed by atoms with E-state index in [1.807, 2.05) is 23.1 Å². The second-order valence-electron chi connectivity index (χ2n) is 7.45. The Kier molecular flexibility index (Phi) is 6.21. The van der Waals surface area contributed by atoms with Gasteiger partial charge >= 0.3 is 0 Å². The normalized spacial score (nSPS) is 15.8. The summed E-state index contributed by atoms with van der Waals surface area (Å²) in [5, 5.41) is 0. The van der Waals surface area contributed by atoms with Gasteiger partial charge in [0.2, 0.25) is 5.91 Å². The zero-order valence-corrected chi connectivity index (χ0v) is 17.6. The van der Waals surface area contributed by atoms with Crippen molar-refractivity contribution in [2.75, 3.05) is 20.8 Å². The van der Waals surface area contributed by atoms with E-state index in [9.17, 15) is 9.18 Å². The summed E-state index contributed by atoms with van der Waals surface area (Å²) in [6.07, 6.45) is 3.94. The van der Waals surface area contributed by atoms with Crippen LogP contribution in [0.3, 0.4) is 0 Å².